The van der Waals surface area contributed by atoms with Gasteiger partial charge in [0.2, 0.25) is 0 Å². The fourth-order valence-corrected chi connectivity index (χ4v) is 3.40. The number of piperidine rings is 1. The molecule has 0 aliphatic carbocycles. The number of rotatable bonds is 7. The van der Waals surface area contributed by atoms with Crippen LogP contribution in [0.15, 0.2) is 42.5 Å². The minimum absolute atomic E-state index is 0.0697. The number of nitrogens with zero attached hydrogens (tertiary/aromatic N) is 1. The molecule has 150 valence electrons. The zero-order chi connectivity index (χ0) is 20.1. The van der Waals surface area contributed by atoms with E-state index in [2.05, 4.69) is 5.32 Å². The number of methoxy groups -OCH3 is 1. The molecule has 0 bridgehead atoms. The van der Waals surface area contributed by atoms with E-state index in [0.717, 1.165) is 5.56 Å². The van der Waals surface area contributed by atoms with Crippen molar-refractivity contribution >= 4 is 5.91 Å². The number of hydrogen-bond donors (Lipinski definition) is 2. The topological polar surface area (TPSA) is 61.8 Å². The highest BCUT2D eigenvalue weighted by Gasteiger charge is 2.41. The number of likely N-dealkylation sites (tertiary alicyclic amines) is 1. The molecule has 0 unspecified atom stereocenters. The SMILES string of the molecule is COc1ccc(F)c(CN2CCC[C@@](O)(CNCc3ccc(F)cc3)C2=O)c1. The Hall–Kier alpha value is -2.51. The molecule has 3 rings (SSSR count). The standard InChI is InChI=1S/C21H24F2N2O3/c1-28-18-7-8-19(23)16(11-18)13-25-10-2-9-21(27,20(25)26)14-24-12-15-3-5-17(22)6-4-15/h3-8,11,24,27H,2,9-10,12-14H2,1H3/t21-/m1/s1. The van der Waals surface area contributed by atoms with Crippen LogP contribution >= 0.6 is 0 Å². The Balaban J connectivity index is 1.63. The molecule has 1 fully saturated rings. The third-order valence-electron chi connectivity index (χ3n) is 4.98. The molecule has 28 heavy (non-hydrogen) atoms. The maximum absolute atomic E-state index is 14.1. The number of amides is 1. The molecule has 0 saturated carbocycles. The van der Waals surface area contributed by atoms with Gasteiger partial charge in [-0.05, 0) is 48.7 Å². The highest BCUT2D eigenvalue weighted by Crippen LogP contribution is 2.26. The van der Waals surface area contributed by atoms with Crippen LogP contribution in [0.2, 0.25) is 0 Å². The molecule has 1 heterocycles. The first kappa shape index (κ1) is 20.2. The summed E-state index contributed by atoms with van der Waals surface area (Å²) in [5.74, 6) is -0.646. The van der Waals surface area contributed by atoms with E-state index in [9.17, 15) is 18.7 Å². The maximum atomic E-state index is 14.1. The molecule has 1 saturated heterocycles. The summed E-state index contributed by atoms with van der Waals surface area (Å²) < 4.78 is 32.2. The zero-order valence-corrected chi connectivity index (χ0v) is 15.8. The molecule has 0 spiro atoms. The lowest BCUT2D eigenvalue weighted by atomic mass is 9.91. The molecule has 1 atom stereocenters. The van der Waals surface area contributed by atoms with Crippen LogP contribution in [-0.2, 0) is 17.9 Å². The molecule has 0 radical (unpaired) electrons. The molecule has 2 aromatic rings. The molecule has 2 aromatic carbocycles. The van der Waals surface area contributed by atoms with Gasteiger partial charge in [0.05, 0.1) is 7.11 Å². The maximum Gasteiger partial charge on any atom is 0.256 e. The number of aliphatic hydroxyl groups is 1. The Kier molecular flexibility index (Phi) is 6.26. The Labute approximate surface area is 162 Å². The van der Waals surface area contributed by atoms with Gasteiger partial charge in [-0.15, -0.1) is 0 Å². The second-order valence-electron chi connectivity index (χ2n) is 7.05. The summed E-state index contributed by atoms with van der Waals surface area (Å²) in [6, 6.07) is 10.4. The van der Waals surface area contributed by atoms with E-state index in [1.165, 1.54) is 36.3 Å². The summed E-state index contributed by atoms with van der Waals surface area (Å²) in [7, 11) is 1.49. The zero-order valence-electron chi connectivity index (χ0n) is 15.8. The first-order valence-corrected chi connectivity index (χ1v) is 9.20. The molecule has 1 aliphatic rings. The van der Waals surface area contributed by atoms with E-state index in [4.69, 9.17) is 4.74 Å². The Morgan fingerprint density at radius 2 is 1.96 bits per heavy atom. The highest BCUT2D eigenvalue weighted by atomic mass is 19.1. The Morgan fingerprint density at radius 3 is 2.68 bits per heavy atom. The van der Waals surface area contributed by atoms with Gasteiger partial charge >= 0.3 is 0 Å². The quantitative estimate of drug-likeness (QED) is 0.763. The fraction of sp³-hybridized carbons (Fsp3) is 0.381. The molecule has 5 nitrogen and oxygen atoms in total. The van der Waals surface area contributed by atoms with Crippen molar-refractivity contribution in [1.29, 1.82) is 0 Å². The lowest BCUT2D eigenvalue weighted by Gasteiger charge is -2.38. The van der Waals surface area contributed by atoms with Crippen molar-refractivity contribution in [3.8, 4) is 5.75 Å². The number of hydrogen-bond acceptors (Lipinski definition) is 4. The molecular formula is C21H24F2N2O3. The van der Waals surface area contributed by atoms with Crippen LogP contribution in [0.25, 0.3) is 0 Å². The molecule has 7 heteroatoms. The second kappa shape index (κ2) is 8.67. The summed E-state index contributed by atoms with van der Waals surface area (Å²) in [5.41, 5.74) is -0.354. The largest absolute Gasteiger partial charge is 0.497 e. The van der Waals surface area contributed by atoms with Crippen LogP contribution in [0.3, 0.4) is 0 Å². The number of carbonyl (C=O) groups is 1. The van der Waals surface area contributed by atoms with Gasteiger partial charge < -0.3 is 20.1 Å². The minimum Gasteiger partial charge on any atom is -0.497 e. The van der Waals surface area contributed by atoms with Gasteiger partial charge in [-0.1, -0.05) is 12.1 Å². The predicted octanol–water partition coefficient (Wildman–Crippen LogP) is 2.62. The van der Waals surface area contributed by atoms with Gasteiger partial charge in [-0.2, -0.15) is 0 Å². The van der Waals surface area contributed by atoms with Crippen LogP contribution in [0.1, 0.15) is 24.0 Å². The molecular weight excluding hydrogens is 366 g/mol. The molecule has 2 N–H and O–H groups in total. The first-order valence-electron chi connectivity index (χ1n) is 9.20. The Morgan fingerprint density at radius 1 is 1.21 bits per heavy atom. The number of nitrogens with one attached hydrogen (secondary N) is 1. The van der Waals surface area contributed by atoms with Crippen molar-refractivity contribution < 1.29 is 23.4 Å². The van der Waals surface area contributed by atoms with Crippen LogP contribution in [0.5, 0.6) is 5.75 Å². The van der Waals surface area contributed by atoms with Crippen molar-refractivity contribution in [1.82, 2.24) is 10.2 Å². The summed E-state index contributed by atoms with van der Waals surface area (Å²) in [6.45, 7) is 0.999. The summed E-state index contributed by atoms with van der Waals surface area (Å²) in [4.78, 5) is 14.3. The van der Waals surface area contributed by atoms with Crippen molar-refractivity contribution in [3.05, 3.63) is 65.2 Å². The van der Waals surface area contributed by atoms with Crippen molar-refractivity contribution in [2.75, 3.05) is 20.2 Å². The van der Waals surface area contributed by atoms with Gasteiger partial charge in [0.15, 0.2) is 5.60 Å². The van der Waals surface area contributed by atoms with Gasteiger partial charge in [0.25, 0.3) is 5.91 Å². The van der Waals surface area contributed by atoms with E-state index in [1.54, 1.807) is 18.2 Å². The van der Waals surface area contributed by atoms with Crippen LogP contribution in [0, 0.1) is 11.6 Å². The van der Waals surface area contributed by atoms with Crippen LogP contribution in [-0.4, -0.2) is 41.7 Å². The summed E-state index contributed by atoms with van der Waals surface area (Å²) in [6.07, 6.45) is 0.950. The van der Waals surface area contributed by atoms with Gasteiger partial charge in [0.1, 0.15) is 17.4 Å². The van der Waals surface area contributed by atoms with Gasteiger partial charge in [0, 0.05) is 31.7 Å². The molecule has 0 aromatic heterocycles. The first-order chi connectivity index (χ1) is 13.4. The molecule has 1 aliphatic heterocycles. The van der Waals surface area contributed by atoms with E-state index < -0.39 is 17.3 Å². The van der Waals surface area contributed by atoms with Gasteiger partial charge in [-0.3, -0.25) is 4.79 Å². The molecule has 1 amide bonds. The second-order valence-corrected chi connectivity index (χ2v) is 7.05. The van der Waals surface area contributed by atoms with E-state index in [1.807, 2.05) is 0 Å². The normalized spacial score (nSPS) is 19.7. The van der Waals surface area contributed by atoms with Crippen LogP contribution in [0.4, 0.5) is 8.78 Å². The summed E-state index contributed by atoms with van der Waals surface area (Å²) >= 11 is 0. The number of benzene rings is 2. The average molecular weight is 390 g/mol. The summed E-state index contributed by atoms with van der Waals surface area (Å²) in [5, 5.41) is 13.9. The van der Waals surface area contributed by atoms with E-state index in [-0.39, 0.29) is 18.9 Å². The van der Waals surface area contributed by atoms with E-state index >= 15 is 0 Å². The monoisotopic (exact) mass is 390 g/mol. The third-order valence-corrected chi connectivity index (χ3v) is 4.98. The highest BCUT2D eigenvalue weighted by molar-refractivity contribution is 5.86. The predicted molar refractivity (Wildman–Crippen MR) is 101 cm³/mol. The minimum atomic E-state index is -1.55. The third kappa shape index (κ3) is 4.66. The smallest absolute Gasteiger partial charge is 0.256 e. The van der Waals surface area contributed by atoms with Crippen molar-refractivity contribution in [3.63, 3.8) is 0 Å². The number of ether oxygens (including phenoxy) is 1. The van der Waals surface area contributed by atoms with E-state index in [0.29, 0.717) is 37.2 Å². The number of halogens is 2. The Bertz CT molecular complexity index is 829. The number of carbonyl (C=O) groups excluding carboxylic acids is 1. The van der Waals surface area contributed by atoms with Crippen LogP contribution < -0.4 is 10.1 Å². The average Bonchev–Trinajstić information content (AvgIpc) is 2.69. The lowest BCUT2D eigenvalue weighted by molar-refractivity contribution is -0.157. The van der Waals surface area contributed by atoms with Crippen molar-refractivity contribution in [2.45, 2.75) is 31.5 Å². The fourth-order valence-electron chi connectivity index (χ4n) is 3.40. The van der Waals surface area contributed by atoms with Gasteiger partial charge in [-0.25, -0.2) is 8.78 Å². The lowest BCUT2D eigenvalue weighted by Crippen LogP contribution is -2.57. The van der Waals surface area contributed by atoms with Crippen molar-refractivity contribution in [2.24, 2.45) is 0 Å².